The minimum absolute atomic E-state index is 0.0401. The molecule has 1 aromatic heterocycles. The first kappa shape index (κ1) is 16.5. The van der Waals surface area contributed by atoms with Crippen LogP contribution in [0, 0.1) is 10.1 Å². The summed E-state index contributed by atoms with van der Waals surface area (Å²) in [5, 5.41) is 13.6. The number of para-hydroxylation sites is 1. The maximum Gasteiger partial charge on any atom is 0.273 e. The fraction of sp³-hybridized carbons (Fsp3) is 0.267. The molecule has 0 saturated carbocycles. The Hall–Kier alpha value is -2.87. The van der Waals surface area contributed by atoms with Gasteiger partial charge in [-0.2, -0.15) is 0 Å². The summed E-state index contributed by atoms with van der Waals surface area (Å²) in [5.41, 5.74) is 0.592. The third kappa shape index (κ3) is 4.30. The van der Waals surface area contributed by atoms with Crippen LogP contribution in [0.5, 0.6) is 0 Å². The van der Waals surface area contributed by atoms with Gasteiger partial charge in [-0.25, -0.2) is 9.97 Å². The molecule has 0 bridgehead atoms. The smallest absolute Gasteiger partial charge is 0.273 e. The van der Waals surface area contributed by atoms with Crippen molar-refractivity contribution in [1.29, 1.82) is 0 Å². The molecule has 23 heavy (non-hydrogen) atoms. The SMILES string of the molecule is CC(C(=O)Nc1ncccn1)N(C)Cc1ccccc1[N+](=O)[O-]. The molecule has 120 valence electrons. The molecule has 0 aliphatic heterocycles. The second-order valence-electron chi connectivity index (χ2n) is 5.04. The number of likely N-dealkylation sites (N-methyl/N-ethyl adjacent to an activating group) is 1. The Labute approximate surface area is 133 Å². The molecule has 1 amide bonds. The molecule has 1 N–H and O–H groups in total. The van der Waals surface area contributed by atoms with E-state index < -0.39 is 11.0 Å². The summed E-state index contributed by atoms with van der Waals surface area (Å²) in [6.07, 6.45) is 3.06. The van der Waals surface area contributed by atoms with Crippen molar-refractivity contribution in [3.8, 4) is 0 Å². The van der Waals surface area contributed by atoms with Crippen LogP contribution >= 0.6 is 0 Å². The molecule has 1 aromatic carbocycles. The largest absolute Gasteiger partial charge is 0.293 e. The number of rotatable bonds is 6. The zero-order valence-corrected chi connectivity index (χ0v) is 12.8. The number of benzene rings is 1. The summed E-state index contributed by atoms with van der Waals surface area (Å²) in [5.74, 6) is -0.0549. The van der Waals surface area contributed by atoms with E-state index in [1.54, 1.807) is 43.1 Å². The Morgan fingerprint density at radius 2 is 1.96 bits per heavy atom. The normalized spacial score (nSPS) is 12.0. The van der Waals surface area contributed by atoms with E-state index in [1.807, 2.05) is 0 Å². The van der Waals surface area contributed by atoms with E-state index in [4.69, 9.17) is 0 Å². The second kappa shape index (κ2) is 7.41. The predicted octanol–water partition coefficient (Wildman–Crippen LogP) is 1.84. The van der Waals surface area contributed by atoms with Crippen molar-refractivity contribution in [3.05, 3.63) is 58.4 Å². The summed E-state index contributed by atoms with van der Waals surface area (Å²) in [6, 6.07) is 7.63. The molecule has 1 atom stereocenters. The van der Waals surface area contributed by atoms with E-state index in [2.05, 4.69) is 15.3 Å². The minimum atomic E-state index is -0.501. The van der Waals surface area contributed by atoms with Crippen LogP contribution in [0.4, 0.5) is 11.6 Å². The number of nitrogens with one attached hydrogen (secondary N) is 1. The average Bonchev–Trinajstić information content (AvgIpc) is 2.55. The number of anilines is 1. The Morgan fingerprint density at radius 3 is 2.61 bits per heavy atom. The van der Waals surface area contributed by atoms with Crippen molar-refractivity contribution in [2.45, 2.75) is 19.5 Å². The van der Waals surface area contributed by atoms with Gasteiger partial charge in [-0.15, -0.1) is 0 Å². The van der Waals surface area contributed by atoms with Crippen molar-refractivity contribution >= 4 is 17.5 Å². The second-order valence-corrected chi connectivity index (χ2v) is 5.04. The molecule has 8 heteroatoms. The van der Waals surface area contributed by atoms with Crippen LogP contribution in [-0.2, 0) is 11.3 Å². The Balaban J connectivity index is 2.04. The summed E-state index contributed by atoms with van der Waals surface area (Å²) < 4.78 is 0. The Bertz CT molecular complexity index is 693. The van der Waals surface area contributed by atoms with Crippen molar-refractivity contribution in [2.24, 2.45) is 0 Å². The number of nitro benzene ring substituents is 1. The number of hydrogen-bond acceptors (Lipinski definition) is 6. The molecule has 1 unspecified atom stereocenters. The number of carbonyl (C=O) groups is 1. The molecule has 1 heterocycles. The zero-order chi connectivity index (χ0) is 16.8. The van der Waals surface area contributed by atoms with E-state index in [0.29, 0.717) is 5.56 Å². The molecule has 0 aliphatic rings. The van der Waals surface area contributed by atoms with Crippen LogP contribution in [0.3, 0.4) is 0 Å². The molecule has 0 fully saturated rings. The van der Waals surface area contributed by atoms with Gasteiger partial charge in [0.15, 0.2) is 0 Å². The average molecular weight is 315 g/mol. The van der Waals surface area contributed by atoms with Crippen LogP contribution < -0.4 is 5.32 Å². The number of amides is 1. The minimum Gasteiger partial charge on any atom is -0.293 e. The molecule has 0 spiro atoms. The lowest BCUT2D eigenvalue weighted by Crippen LogP contribution is -2.39. The number of aromatic nitrogens is 2. The third-order valence-electron chi connectivity index (χ3n) is 3.45. The van der Waals surface area contributed by atoms with E-state index in [0.717, 1.165) is 0 Å². The fourth-order valence-corrected chi connectivity index (χ4v) is 2.01. The molecule has 2 aromatic rings. The van der Waals surface area contributed by atoms with E-state index in [-0.39, 0.29) is 24.1 Å². The highest BCUT2D eigenvalue weighted by molar-refractivity contribution is 5.92. The lowest BCUT2D eigenvalue weighted by molar-refractivity contribution is -0.385. The van der Waals surface area contributed by atoms with Crippen LogP contribution in [0.15, 0.2) is 42.7 Å². The maximum atomic E-state index is 12.2. The van der Waals surface area contributed by atoms with Gasteiger partial charge in [-0.3, -0.25) is 25.1 Å². The van der Waals surface area contributed by atoms with Crippen LogP contribution in [-0.4, -0.2) is 38.8 Å². The highest BCUT2D eigenvalue weighted by Gasteiger charge is 2.22. The van der Waals surface area contributed by atoms with Crippen molar-refractivity contribution < 1.29 is 9.72 Å². The monoisotopic (exact) mass is 315 g/mol. The van der Waals surface area contributed by atoms with Crippen molar-refractivity contribution in [1.82, 2.24) is 14.9 Å². The summed E-state index contributed by atoms with van der Waals surface area (Å²) in [4.78, 5) is 32.4. The molecular weight excluding hydrogens is 298 g/mol. The van der Waals surface area contributed by atoms with Gasteiger partial charge in [0.05, 0.1) is 11.0 Å². The molecule has 0 radical (unpaired) electrons. The standard InChI is InChI=1S/C15H17N5O3/c1-11(14(21)18-15-16-8-5-9-17-15)19(2)10-12-6-3-4-7-13(12)20(22)23/h3-9,11H,10H2,1-2H3,(H,16,17,18,21). The lowest BCUT2D eigenvalue weighted by atomic mass is 10.1. The first-order valence-electron chi connectivity index (χ1n) is 6.99. The first-order valence-corrected chi connectivity index (χ1v) is 6.99. The summed E-state index contributed by atoms with van der Waals surface area (Å²) in [6.45, 7) is 1.99. The van der Waals surface area contributed by atoms with Gasteiger partial charge < -0.3 is 0 Å². The predicted molar refractivity (Wildman–Crippen MR) is 84.7 cm³/mol. The van der Waals surface area contributed by atoms with Gasteiger partial charge in [0.2, 0.25) is 11.9 Å². The van der Waals surface area contributed by atoms with Gasteiger partial charge in [-0.1, -0.05) is 18.2 Å². The number of hydrogen-bond donors (Lipinski definition) is 1. The van der Waals surface area contributed by atoms with Gasteiger partial charge in [0.25, 0.3) is 5.69 Å². The van der Waals surface area contributed by atoms with Crippen molar-refractivity contribution in [2.75, 3.05) is 12.4 Å². The molecule has 8 nitrogen and oxygen atoms in total. The number of nitro groups is 1. The highest BCUT2D eigenvalue weighted by Crippen LogP contribution is 2.19. The van der Waals surface area contributed by atoms with E-state index in [1.165, 1.54) is 18.5 Å². The molecule has 0 saturated heterocycles. The molecular formula is C15H17N5O3. The third-order valence-corrected chi connectivity index (χ3v) is 3.45. The van der Waals surface area contributed by atoms with Gasteiger partial charge in [0, 0.05) is 30.6 Å². The summed E-state index contributed by atoms with van der Waals surface area (Å²) >= 11 is 0. The lowest BCUT2D eigenvalue weighted by Gasteiger charge is -2.23. The van der Waals surface area contributed by atoms with Crippen LogP contribution in [0.2, 0.25) is 0 Å². The summed E-state index contributed by atoms with van der Waals surface area (Å²) in [7, 11) is 1.73. The van der Waals surface area contributed by atoms with Gasteiger partial charge in [0.1, 0.15) is 0 Å². The van der Waals surface area contributed by atoms with Gasteiger partial charge in [-0.05, 0) is 20.0 Å². The first-order chi connectivity index (χ1) is 11.0. The topological polar surface area (TPSA) is 101 Å². The van der Waals surface area contributed by atoms with Gasteiger partial charge >= 0.3 is 0 Å². The number of carbonyl (C=O) groups excluding carboxylic acids is 1. The van der Waals surface area contributed by atoms with Crippen LogP contribution in [0.25, 0.3) is 0 Å². The molecule has 0 aliphatic carbocycles. The number of nitrogens with zero attached hydrogens (tertiary/aromatic N) is 4. The van der Waals surface area contributed by atoms with Crippen molar-refractivity contribution in [3.63, 3.8) is 0 Å². The maximum absolute atomic E-state index is 12.2. The highest BCUT2D eigenvalue weighted by atomic mass is 16.6. The Morgan fingerprint density at radius 1 is 1.30 bits per heavy atom. The van der Waals surface area contributed by atoms with Crippen LogP contribution in [0.1, 0.15) is 12.5 Å². The van der Waals surface area contributed by atoms with E-state index >= 15 is 0 Å². The van der Waals surface area contributed by atoms with E-state index in [9.17, 15) is 14.9 Å². The Kier molecular flexibility index (Phi) is 5.32. The quantitative estimate of drug-likeness (QED) is 0.645. The molecule has 2 rings (SSSR count). The zero-order valence-electron chi connectivity index (χ0n) is 12.8. The fourth-order valence-electron chi connectivity index (χ4n) is 2.01.